The number of rotatable bonds is 2. The van der Waals surface area contributed by atoms with Gasteiger partial charge in [0.05, 0.1) is 12.3 Å². The van der Waals surface area contributed by atoms with E-state index in [4.69, 9.17) is 0 Å². The molecule has 7 heteroatoms. The number of sulfonamides is 1. The second-order valence-electron chi connectivity index (χ2n) is 3.88. The molecule has 2 heterocycles. The van der Waals surface area contributed by atoms with Gasteiger partial charge >= 0.3 is 0 Å². The summed E-state index contributed by atoms with van der Waals surface area (Å²) >= 11 is 0. The second-order valence-corrected chi connectivity index (χ2v) is 5.82. The van der Waals surface area contributed by atoms with E-state index in [1.165, 1.54) is 10.6 Å². The minimum Gasteiger partial charge on any atom is -0.313 e. The van der Waals surface area contributed by atoms with Gasteiger partial charge in [-0.2, -0.15) is 4.31 Å². The normalized spacial score (nSPS) is 21.8. The molecule has 0 aliphatic carbocycles. The van der Waals surface area contributed by atoms with Crippen molar-refractivity contribution in [1.29, 1.82) is 0 Å². The summed E-state index contributed by atoms with van der Waals surface area (Å²) in [5.74, 6) is 0. The molecule has 0 spiro atoms. The summed E-state index contributed by atoms with van der Waals surface area (Å²) in [5.41, 5.74) is 0.931. The predicted octanol–water partition coefficient (Wildman–Crippen LogP) is 0.409. The minimum absolute atomic E-state index is 0. The van der Waals surface area contributed by atoms with Crippen molar-refractivity contribution >= 4 is 22.4 Å². The van der Waals surface area contributed by atoms with Crippen molar-refractivity contribution in [2.75, 3.05) is 25.9 Å². The molecule has 1 aromatic heterocycles. The molecule has 2 rings (SSSR count). The fraction of sp³-hybridized carbons (Fsp3) is 0.500. The van der Waals surface area contributed by atoms with Gasteiger partial charge in [-0.15, -0.1) is 12.4 Å². The number of pyridine rings is 1. The molecule has 1 atom stereocenters. The third-order valence-electron chi connectivity index (χ3n) is 2.69. The van der Waals surface area contributed by atoms with E-state index in [1.807, 2.05) is 12.1 Å². The zero-order valence-corrected chi connectivity index (χ0v) is 11.2. The Kier molecular flexibility index (Phi) is 4.88. The molecule has 17 heavy (non-hydrogen) atoms. The van der Waals surface area contributed by atoms with Gasteiger partial charge in [0.1, 0.15) is 0 Å². The van der Waals surface area contributed by atoms with Crippen LogP contribution >= 0.6 is 12.4 Å². The molecule has 1 aliphatic rings. The summed E-state index contributed by atoms with van der Waals surface area (Å²) in [4.78, 5) is 4.03. The topological polar surface area (TPSA) is 62.3 Å². The van der Waals surface area contributed by atoms with E-state index < -0.39 is 10.0 Å². The van der Waals surface area contributed by atoms with Crippen LogP contribution in [0.1, 0.15) is 11.6 Å². The van der Waals surface area contributed by atoms with Crippen molar-refractivity contribution in [3.05, 3.63) is 30.1 Å². The summed E-state index contributed by atoms with van der Waals surface area (Å²) in [6.45, 7) is 1.85. The van der Waals surface area contributed by atoms with Gasteiger partial charge in [0.2, 0.25) is 10.0 Å². The summed E-state index contributed by atoms with van der Waals surface area (Å²) in [6, 6.07) is 3.59. The number of piperazine rings is 1. The van der Waals surface area contributed by atoms with E-state index in [1.54, 1.807) is 12.4 Å². The molecule has 96 valence electrons. The van der Waals surface area contributed by atoms with E-state index >= 15 is 0 Å². The molecule has 0 saturated carbocycles. The van der Waals surface area contributed by atoms with Crippen molar-refractivity contribution in [2.24, 2.45) is 0 Å². The number of nitrogens with zero attached hydrogens (tertiary/aromatic N) is 2. The zero-order chi connectivity index (χ0) is 11.6. The maximum atomic E-state index is 11.6. The highest BCUT2D eigenvalue weighted by molar-refractivity contribution is 7.88. The van der Waals surface area contributed by atoms with Crippen LogP contribution in [0.4, 0.5) is 0 Å². The Morgan fingerprint density at radius 3 is 2.88 bits per heavy atom. The summed E-state index contributed by atoms with van der Waals surface area (Å²) in [5, 5.41) is 3.20. The number of hydrogen-bond donors (Lipinski definition) is 1. The molecule has 1 aliphatic heterocycles. The molecule has 1 fully saturated rings. The highest BCUT2D eigenvalue weighted by Crippen LogP contribution is 2.23. The smallest absolute Gasteiger partial charge is 0.211 e. The van der Waals surface area contributed by atoms with E-state index in [0.29, 0.717) is 19.6 Å². The summed E-state index contributed by atoms with van der Waals surface area (Å²) in [6.07, 6.45) is 4.65. The lowest BCUT2D eigenvalue weighted by atomic mass is 10.1. The number of aromatic nitrogens is 1. The predicted molar refractivity (Wildman–Crippen MR) is 68.6 cm³/mol. The van der Waals surface area contributed by atoms with Gasteiger partial charge in [-0.1, -0.05) is 6.07 Å². The Hall–Kier alpha value is -0.690. The molecule has 0 bridgehead atoms. The summed E-state index contributed by atoms with van der Waals surface area (Å²) in [7, 11) is -3.16. The summed E-state index contributed by atoms with van der Waals surface area (Å²) < 4.78 is 24.8. The first kappa shape index (κ1) is 14.4. The minimum atomic E-state index is -3.16. The Bertz CT molecular complexity index is 452. The average Bonchev–Trinajstić information content (AvgIpc) is 2.29. The number of halogens is 1. The van der Waals surface area contributed by atoms with Crippen molar-refractivity contribution in [3.63, 3.8) is 0 Å². The lowest BCUT2D eigenvalue weighted by molar-refractivity contribution is 0.273. The van der Waals surface area contributed by atoms with Crippen molar-refractivity contribution < 1.29 is 8.42 Å². The van der Waals surface area contributed by atoms with Crippen LogP contribution in [0.3, 0.4) is 0 Å². The standard InChI is InChI=1S/C10H15N3O2S.ClH/c1-16(14,15)13-6-5-12-8-10(13)9-3-2-4-11-7-9;/h2-4,7,10,12H,5-6,8H2,1H3;1H. The van der Waals surface area contributed by atoms with Crippen molar-refractivity contribution in [2.45, 2.75) is 6.04 Å². The first-order valence-electron chi connectivity index (χ1n) is 5.16. The molecule has 1 N–H and O–H groups in total. The van der Waals surface area contributed by atoms with E-state index in [9.17, 15) is 8.42 Å². The second kappa shape index (κ2) is 5.77. The molecule has 1 unspecified atom stereocenters. The van der Waals surface area contributed by atoms with Crippen LogP contribution in [0, 0.1) is 0 Å². The highest BCUT2D eigenvalue weighted by Gasteiger charge is 2.30. The third-order valence-corrected chi connectivity index (χ3v) is 3.98. The number of hydrogen-bond acceptors (Lipinski definition) is 4. The maximum absolute atomic E-state index is 11.6. The fourth-order valence-corrected chi connectivity index (χ4v) is 3.02. The molecule has 0 amide bonds. The van der Waals surface area contributed by atoms with Crippen LogP contribution < -0.4 is 5.32 Å². The zero-order valence-electron chi connectivity index (χ0n) is 9.54. The lowest BCUT2D eigenvalue weighted by Crippen LogP contribution is -2.48. The molecule has 1 saturated heterocycles. The van der Waals surface area contributed by atoms with Gasteiger partial charge in [-0.25, -0.2) is 8.42 Å². The number of nitrogens with one attached hydrogen (secondary N) is 1. The molecular formula is C10H16ClN3O2S. The molecule has 0 radical (unpaired) electrons. The van der Waals surface area contributed by atoms with Crippen molar-refractivity contribution in [3.8, 4) is 0 Å². The Morgan fingerprint density at radius 2 is 2.29 bits per heavy atom. The molecule has 0 aromatic carbocycles. The van der Waals surface area contributed by atoms with Crippen LogP contribution in [0.5, 0.6) is 0 Å². The Labute approximate surface area is 108 Å². The van der Waals surface area contributed by atoms with Crippen LogP contribution in [0.2, 0.25) is 0 Å². The highest BCUT2D eigenvalue weighted by atomic mass is 35.5. The van der Waals surface area contributed by atoms with Gasteiger partial charge in [0.25, 0.3) is 0 Å². The molecular weight excluding hydrogens is 262 g/mol. The van der Waals surface area contributed by atoms with E-state index in [0.717, 1.165) is 5.56 Å². The molecule has 5 nitrogen and oxygen atoms in total. The average molecular weight is 278 g/mol. The van der Waals surface area contributed by atoms with Gasteiger partial charge in [0, 0.05) is 32.0 Å². The monoisotopic (exact) mass is 277 g/mol. The maximum Gasteiger partial charge on any atom is 0.211 e. The quantitative estimate of drug-likeness (QED) is 0.851. The van der Waals surface area contributed by atoms with E-state index in [2.05, 4.69) is 10.3 Å². The first-order valence-corrected chi connectivity index (χ1v) is 7.01. The van der Waals surface area contributed by atoms with Gasteiger partial charge in [-0.3, -0.25) is 4.98 Å². The van der Waals surface area contributed by atoms with Crippen LogP contribution in [-0.2, 0) is 10.0 Å². The fourth-order valence-electron chi connectivity index (χ4n) is 1.94. The van der Waals surface area contributed by atoms with Crippen LogP contribution in [0.15, 0.2) is 24.5 Å². The SMILES string of the molecule is CS(=O)(=O)N1CCNCC1c1cccnc1.Cl. The third kappa shape index (κ3) is 3.38. The van der Waals surface area contributed by atoms with Crippen LogP contribution in [0.25, 0.3) is 0 Å². The van der Waals surface area contributed by atoms with E-state index in [-0.39, 0.29) is 18.4 Å². The molecule has 1 aromatic rings. The largest absolute Gasteiger partial charge is 0.313 e. The Balaban J connectivity index is 0.00000144. The van der Waals surface area contributed by atoms with Gasteiger partial charge in [-0.05, 0) is 11.6 Å². The van der Waals surface area contributed by atoms with Crippen LogP contribution in [-0.4, -0.2) is 43.6 Å². The van der Waals surface area contributed by atoms with Crippen molar-refractivity contribution in [1.82, 2.24) is 14.6 Å². The lowest BCUT2D eigenvalue weighted by Gasteiger charge is -2.34. The van der Waals surface area contributed by atoms with Gasteiger partial charge in [0.15, 0.2) is 0 Å². The first-order chi connectivity index (χ1) is 7.59. The van der Waals surface area contributed by atoms with Gasteiger partial charge < -0.3 is 5.32 Å². The Morgan fingerprint density at radius 1 is 1.53 bits per heavy atom.